The molecule has 0 spiro atoms. The van der Waals surface area contributed by atoms with Gasteiger partial charge in [-0.2, -0.15) is 0 Å². The van der Waals surface area contributed by atoms with Crippen molar-refractivity contribution in [3.63, 3.8) is 0 Å². The van der Waals surface area contributed by atoms with E-state index in [9.17, 15) is 10.2 Å². The summed E-state index contributed by atoms with van der Waals surface area (Å²) >= 11 is 0. The molecule has 0 aliphatic carbocycles. The molecule has 0 bridgehead atoms. The van der Waals surface area contributed by atoms with Crippen LogP contribution in [0.3, 0.4) is 0 Å². The van der Waals surface area contributed by atoms with Crippen LogP contribution in [0.5, 0.6) is 0 Å². The Bertz CT molecular complexity index is 263. The van der Waals surface area contributed by atoms with Gasteiger partial charge in [0, 0.05) is 5.41 Å². The molecule has 0 aliphatic rings. The quantitative estimate of drug-likeness (QED) is 0.607. The van der Waals surface area contributed by atoms with Crippen LogP contribution in [0, 0.1) is 16.2 Å². The van der Waals surface area contributed by atoms with E-state index in [0.29, 0.717) is 0 Å². The summed E-state index contributed by atoms with van der Waals surface area (Å²) in [6, 6.07) is 0. The Morgan fingerprint density at radius 1 is 0.714 bits per heavy atom. The zero-order valence-corrected chi connectivity index (χ0v) is 15.8. The van der Waals surface area contributed by atoms with Crippen LogP contribution in [-0.4, -0.2) is 22.4 Å². The molecule has 2 nitrogen and oxygen atoms in total. The van der Waals surface area contributed by atoms with E-state index in [1.54, 1.807) is 0 Å². The van der Waals surface area contributed by atoms with Crippen molar-refractivity contribution in [2.45, 2.75) is 106 Å². The molecule has 0 fully saturated rings. The van der Waals surface area contributed by atoms with Crippen LogP contribution in [0.15, 0.2) is 0 Å². The van der Waals surface area contributed by atoms with Crippen molar-refractivity contribution < 1.29 is 10.2 Å². The highest BCUT2D eigenvalue weighted by molar-refractivity contribution is 5.00. The third-order valence-corrected chi connectivity index (χ3v) is 4.88. The predicted molar refractivity (Wildman–Crippen MR) is 92.4 cm³/mol. The number of rotatable bonds is 8. The lowest BCUT2D eigenvalue weighted by atomic mass is 9.59. The molecule has 0 rings (SSSR count). The first-order chi connectivity index (χ1) is 9.43. The van der Waals surface area contributed by atoms with Crippen LogP contribution in [0.4, 0.5) is 0 Å². The molecule has 0 aromatic carbocycles. The van der Waals surface area contributed by atoms with Gasteiger partial charge in [0.1, 0.15) is 0 Å². The fourth-order valence-electron chi connectivity index (χ4n) is 3.59. The van der Waals surface area contributed by atoms with Gasteiger partial charge in [-0.25, -0.2) is 0 Å². The molecule has 21 heavy (non-hydrogen) atoms. The van der Waals surface area contributed by atoms with Crippen LogP contribution in [-0.2, 0) is 0 Å². The number of hydrogen-bond acceptors (Lipinski definition) is 2. The Labute approximate surface area is 133 Å². The van der Waals surface area contributed by atoms with E-state index in [1.165, 1.54) is 19.3 Å². The summed E-state index contributed by atoms with van der Waals surface area (Å²) in [5.74, 6) is 0. The first kappa shape index (κ1) is 20.9. The van der Waals surface area contributed by atoms with E-state index in [-0.39, 0.29) is 10.8 Å². The van der Waals surface area contributed by atoms with E-state index < -0.39 is 17.6 Å². The van der Waals surface area contributed by atoms with Gasteiger partial charge in [-0.1, -0.05) is 81.1 Å². The van der Waals surface area contributed by atoms with Crippen LogP contribution >= 0.6 is 0 Å². The summed E-state index contributed by atoms with van der Waals surface area (Å²) < 4.78 is 0. The zero-order valence-electron chi connectivity index (χ0n) is 15.8. The Morgan fingerprint density at radius 2 is 1.14 bits per heavy atom. The van der Waals surface area contributed by atoms with Crippen molar-refractivity contribution in [3.8, 4) is 0 Å². The minimum Gasteiger partial charge on any atom is -0.392 e. The topological polar surface area (TPSA) is 40.5 Å². The van der Waals surface area contributed by atoms with Gasteiger partial charge in [-0.05, 0) is 23.7 Å². The lowest BCUT2D eigenvalue weighted by Gasteiger charge is -2.50. The van der Waals surface area contributed by atoms with E-state index in [4.69, 9.17) is 0 Å². The number of aliphatic hydroxyl groups is 2. The monoisotopic (exact) mass is 300 g/mol. The summed E-state index contributed by atoms with van der Waals surface area (Å²) in [6.45, 7) is 16.8. The smallest absolute Gasteiger partial charge is 0.0669 e. The SMILES string of the molecule is CCCCCCC(CC)(C(O)C(C)(C)C)C(O)C(C)(C)C. The second-order valence-electron chi connectivity index (χ2n) is 8.93. The molecule has 0 aromatic rings. The molecule has 0 aliphatic heterocycles. The summed E-state index contributed by atoms with van der Waals surface area (Å²) in [7, 11) is 0. The fraction of sp³-hybridized carbons (Fsp3) is 1.00. The minimum absolute atomic E-state index is 0.215. The van der Waals surface area contributed by atoms with Gasteiger partial charge in [-0.3, -0.25) is 0 Å². The summed E-state index contributed by atoms with van der Waals surface area (Å²) in [4.78, 5) is 0. The number of aliphatic hydroxyl groups excluding tert-OH is 2. The lowest BCUT2D eigenvalue weighted by Crippen LogP contribution is -2.54. The number of hydrogen-bond donors (Lipinski definition) is 2. The molecule has 2 atom stereocenters. The molecule has 0 amide bonds. The summed E-state index contributed by atoms with van der Waals surface area (Å²) in [5, 5.41) is 22.1. The second kappa shape index (κ2) is 7.97. The highest BCUT2D eigenvalue weighted by atomic mass is 16.3. The average Bonchev–Trinajstić information content (AvgIpc) is 2.36. The highest BCUT2D eigenvalue weighted by Crippen LogP contribution is 2.48. The standard InChI is InChI=1S/C19H40O2/c1-9-11-12-13-14-19(10-2,15(20)17(3,4)5)16(21)18(6,7)8/h15-16,20-21H,9-14H2,1-8H3. The molecule has 2 N–H and O–H groups in total. The Balaban J connectivity index is 5.39. The first-order valence-electron chi connectivity index (χ1n) is 8.79. The fourth-order valence-corrected chi connectivity index (χ4v) is 3.59. The van der Waals surface area contributed by atoms with Gasteiger partial charge in [0.15, 0.2) is 0 Å². The van der Waals surface area contributed by atoms with Crippen LogP contribution < -0.4 is 0 Å². The second-order valence-corrected chi connectivity index (χ2v) is 8.93. The zero-order chi connectivity index (χ0) is 16.9. The highest BCUT2D eigenvalue weighted by Gasteiger charge is 2.50. The van der Waals surface area contributed by atoms with Crippen molar-refractivity contribution in [3.05, 3.63) is 0 Å². The van der Waals surface area contributed by atoms with Gasteiger partial charge < -0.3 is 10.2 Å². The van der Waals surface area contributed by atoms with E-state index in [1.807, 2.05) is 0 Å². The average molecular weight is 301 g/mol. The van der Waals surface area contributed by atoms with E-state index >= 15 is 0 Å². The van der Waals surface area contributed by atoms with Crippen molar-refractivity contribution in [2.24, 2.45) is 16.2 Å². The van der Waals surface area contributed by atoms with Crippen molar-refractivity contribution in [2.75, 3.05) is 0 Å². The molecule has 0 aromatic heterocycles. The molecule has 128 valence electrons. The van der Waals surface area contributed by atoms with E-state index in [2.05, 4.69) is 55.4 Å². The number of unbranched alkanes of at least 4 members (excludes halogenated alkanes) is 3. The normalized spacial score (nSPS) is 19.1. The van der Waals surface area contributed by atoms with Gasteiger partial charge >= 0.3 is 0 Å². The third kappa shape index (κ3) is 5.56. The maximum Gasteiger partial charge on any atom is 0.0669 e. The summed E-state index contributed by atoms with van der Waals surface area (Å²) in [6.07, 6.45) is 5.45. The van der Waals surface area contributed by atoms with Crippen LogP contribution in [0.25, 0.3) is 0 Å². The maximum atomic E-state index is 11.0. The van der Waals surface area contributed by atoms with Gasteiger partial charge in [0.05, 0.1) is 12.2 Å². The molecule has 0 saturated carbocycles. The molecule has 2 heteroatoms. The Kier molecular flexibility index (Phi) is 7.94. The van der Waals surface area contributed by atoms with Crippen molar-refractivity contribution in [1.29, 1.82) is 0 Å². The predicted octanol–water partition coefficient (Wildman–Crippen LogP) is 5.17. The Hall–Kier alpha value is -0.0800. The molecule has 0 heterocycles. The van der Waals surface area contributed by atoms with E-state index in [0.717, 1.165) is 19.3 Å². The molecule has 0 saturated heterocycles. The first-order valence-corrected chi connectivity index (χ1v) is 8.79. The third-order valence-electron chi connectivity index (χ3n) is 4.88. The largest absolute Gasteiger partial charge is 0.392 e. The van der Waals surface area contributed by atoms with Crippen LogP contribution in [0.1, 0.15) is 93.9 Å². The van der Waals surface area contributed by atoms with Crippen molar-refractivity contribution >= 4 is 0 Å². The van der Waals surface area contributed by atoms with Crippen molar-refractivity contribution in [1.82, 2.24) is 0 Å². The molecular formula is C19H40O2. The lowest BCUT2D eigenvalue weighted by molar-refractivity contribution is -0.154. The van der Waals surface area contributed by atoms with Gasteiger partial charge in [0.2, 0.25) is 0 Å². The minimum atomic E-state index is -0.495. The Morgan fingerprint density at radius 3 is 1.43 bits per heavy atom. The van der Waals surface area contributed by atoms with Gasteiger partial charge in [0.25, 0.3) is 0 Å². The van der Waals surface area contributed by atoms with Crippen LogP contribution in [0.2, 0.25) is 0 Å². The molecular weight excluding hydrogens is 260 g/mol. The van der Waals surface area contributed by atoms with Gasteiger partial charge in [-0.15, -0.1) is 0 Å². The summed E-state index contributed by atoms with van der Waals surface area (Å²) in [5.41, 5.74) is -0.843. The molecule has 0 radical (unpaired) electrons. The molecule has 2 unspecified atom stereocenters. The maximum absolute atomic E-state index is 11.0.